The van der Waals surface area contributed by atoms with E-state index < -0.39 is 26.7 Å². The first-order valence-corrected chi connectivity index (χ1v) is 12.6. The van der Waals surface area contributed by atoms with Gasteiger partial charge in [-0.05, 0) is 20.8 Å². The van der Waals surface area contributed by atoms with Crippen molar-refractivity contribution < 1.29 is 9.53 Å². The number of fused-ring (bicyclic) bond motifs is 1. The molecule has 0 atom stereocenters. The number of carbonyl (C=O) groups is 1. The summed E-state index contributed by atoms with van der Waals surface area (Å²) in [6.45, 7) is 13.8. The average Bonchev–Trinajstić information content (AvgIpc) is 2.58. The van der Waals surface area contributed by atoms with Gasteiger partial charge in [0.2, 0.25) is 0 Å². The summed E-state index contributed by atoms with van der Waals surface area (Å²) in [4.78, 5) is 23.6. The molecule has 0 saturated heterocycles. The summed E-state index contributed by atoms with van der Waals surface area (Å²) in [6, 6.07) is 8.38. The summed E-state index contributed by atoms with van der Waals surface area (Å²) in [7, 11) is 0. The molecule has 1 aliphatic rings. The minimum atomic E-state index is -0.720. The second kappa shape index (κ2) is 8.01. The van der Waals surface area contributed by atoms with E-state index in [-0.39, 0.29) is 6.09 Å². The van der Waals surface area contributed by atoms with Gasteiger partial charge in [-0.1, -0.05) is 0 Å². The van der Waals surface area contributed by atoms with Crippen molar-refractivity contribution in [3.63, 3.8) is 0 Å². The summed E-state index contributed by atoms with van der Waals surface area (Å²) in [6.07, 6.45) is 2.61. The average molecular weight is 486 g/mol. The number of ether oxygens (including phenoxy) is 1. The van der Waals surface area contributed by atoms with Crippen LogP contribution in [-0.2, 0) is 4.74 Å². The Morgan fingerprint density at radius 1 is 1.04 bits per heavy atom. The Kier molecular flexibility index (Phi) is 6.03. The Hall–Kier alpha value is -1.63. The van der Waals surface area contributed by atoms with Crippen molar-refractivity contribution in [3.8, 4) is 0 Å². The maximum atomic E-state index is 12.2. The number of rotatable bonds is 2. The Morgan fingerprint density at radius 2 is 1.71 bits per heavy atom. The second-order valence-electron chi connectivity index (χ2n) is 9.21. The molecule has 0 unspecified atom stereocenters. The van der Waals surface area contributed by atoms with E-state index in [0.29, 0.717) is 16.5 Å². The first-order chi connectivity index (χ1) is 13.0. The van der Waals surface area contributed by atoms with Gasteiger partial charge < -0.3 is 0 Å². The normalized spacial score (nSPS) is 15.5. The van der Waals surface area contributed by atoms with Crippen LogP contribution in [0.4, 0.5) is 4.79 Å². The molecule has 148 valence electrons. The molecule has 0 aromatic carbocycles. The van der Waals surface area contributed by atoms with Crippen molar-refractivity contribution >= 4 is 47.6 Å². The molecule has 2 radical (unpaired) electrons. The van der Waals surface area contributed by atoms with Gasteiger partial charge in [0.15, 0.2) is 0 Å². The van der Waals surface area contributed by atoms with E-state index in [2.05, 4.69) is 51.1 Å². The van der Waals surface area contributed by atoms with Crippen LogP contribution in [0.1, 0.15) is 53.7 Å². The van der Waals surface area contributed by atoms with Gasteiger partial charge in [-0.15, -0.1) is 0 Å². The van der Waals surface area contributed by atoms with Crippen molar-refractivity contribution in [1.82, 2.24) is 14.9 Å². The summed E-state index contributed by atoms with van der Waals surface area (Å²) in [5.74, 6) is 0. The number of amides is 1. The molecule has 3 rings (SSSR count). The fraction of sp³-hybridized carbons (Fsp3) is 0.500. The van der Waals surface area contributed by atoms with Gasteiger partial charge in [0.25, 0.3) is 0 Å². The molecule has 0 aliphatic carbocycles. The van der Waals surface area contributed by atoms with E-state index in [1.165, 1.54) is 9.28 Å². The number of pyridine rings is 2. The minimum absolute atomic E-state index is 0.255. The predicted octanol–water partition coefficient (Wildman–Crippen LogP) is 4.20. The molecule has 0 bridgehead atoms. The second-order valence-corrected chi connectivity index (χ2v) is 15.7. The number of nitrogens with zero attached hydrogens (tertiary/aromatic N) is 3. The van der Waals surface area contributed by atoms with E-state index in [0.717, 1.165) is 23.1 Å². The van der Waals surface area contributed by atoms with Crippen LogP contribution < -0.4 is 3.71 Å². The van der Waals surface area contributed by atoms with Gasteiger partial charge in [-0.25, -0.2) is 0 Å². The van der Waals surface area contributed by atoms with E-state index in [9.17, 15) is 4.79 Å². The van der Waals surface area contributed by atoms with Crippen LogP contribution in [0.3, 0.4) is 0 Å². The zero-order chi connectivity index (χ0) is 20.5. The standard InChI is InChI=1S/C18H20N3O2.C4H9.Sn/c1-18(2,3)23-17(22)21-11-8-13(9-12-21)14-6-7-15-16(20-14)5-4-10-19-15;1-4(2)3;/h4-8H,9,11-12H2,1-3H3;1-3H3;. The van der Waals surface area contributed by atoms with E-state index >= 15 is 0 Å². The van der Waals surface area contributed by atoms with Gasteiger partial charge in [0, 0.05) is 0 Å². The van der Waals surface area contributed by atoms with E-state index in [4.69, 9.17) is 14.7 Å². The summed E-state index contributed by atoms with van der Waals surface area (Å²) in [5.41, 5.74) is 3.59. The molecule has 6 heteroatoms. The summed E-state index contributed by atoms with van der Waals surface area (Å²) < 4.78 is 7.11. The Balaban J connectivity index is 1.74. The molecule has 0 spiro atoms. The van der Waals surface area contributed by atoms with Crippen molar-refractivity contribution in [2.75, 3.05) is 13.1 Å². The van der Waals surface area contributed by atoms with Crippen molar-refractivity contribution in [2.24, 2.45) is 0 Å². The van der Waals surface area contributed by atoms with Gasteiger partial charge in [-0.2, -0.15) is 0 Å². The van der Waals surface area contributed by atoms with Gasteiger partial charge >= 0.3 is 152 Å². The van der Waals surface area contributed by atoms with Crippen LogP contribution >= 0.6 is 0 Å². The summed E-state index contributed by atoms with van der Waals surface area (Å²) in [5, 5.41) is 0. The van der Waals surface area contributed by atoms with Crippen LogP contribution in [-0.4, -0.2) is 60.8 Å². The fourth-order valence-electron chi connectivity index (χ4n) is 3.04. The first-order valence-electron chi connectivity index (χ1n) is 9.73. The van der Waals surface area contributed by atoms with Crippen LogP contribution in [0.25, 0.3) is 16.6 Å². The molecule has 2 aromatic rings. The first kappa shape index (κ1) is 21.1. The molecule has 0 N–H and O–H groups in total. The van der Waals surface area contributed by atoms with Crippen LogP contribution in [0.2, 0.25) is 3.43 Å². The quantitative estimate of drug-likeness (QED) is 0.598. The van der Waals surface area contributed by atoms with E-state index in [1.807, 2.05) is 20.8 Å². The fourth-order valence-corrected chi connectivity index (χ4v) is 6.21. The van der Waals surface area contributed by atoms with Crippen LogP contribution in [0, 0.1) is 0 Å². The third-order valence-corrected chi connectivity index (χ3v) is 7.90. The van der Waals surface area contributed by atoms with E-state index in [1.54, 1.807) is 4.90 Å². The molecule has 3 heterocycles. The number of carbonyl (C=O) groups excluding carboxylic acids is 1. The predicted molar refractivity (Wildman–Crippen MR) is 115 cm³/mol. The Labute approximate surface area is 177 Å². The van der Waals surface area contributed by atoms with Crippen molar-refractivity contribution in [2.45, 2.75) is 57.0 Å². The number of hydrogen-bond acceptors (Lipinski definition) is 4. The monoisotopic (exact) mass is 487 g/mol. The van der Waals surface area contributed by atoms with Crippen LogP contribution in [0.15, 0.2) is 30.3 Å². The summed E-state index contributed by atoms with van der Waals surface area (Å²) >= 11 is -0.720. The zero-order valence-electron chi connectivity index (χ0n) is 17.7. The van der Waals surface area contributed by atoms with Gasteiger partial charge in [0.05, 0.1) is 0 Å². The number of hydrogen-bond donors (Lipinski definition) is 0. The number of aromatic nitrogens is 2. The third-order valence-electron chi connectivity index (χ3n) is 4.24. The van der Waals surface area contributed by atoms with Crippen LogP contribution in [0.5, 0.6) is 0 Å². The molecule has 0 fully saturated rings. The molecule has 1 amide bonds. The third kappa shape index (κ3) is 5.69. The van der Waals surface area contributed by atoms with Gasteiger partial charge in [0.1, 0.15) is 5.60 Å². The SMILES string of the molecule is CC(C)(C)OC(=O)N1CC=C(c2ccc3n[c]([Sn][C](C)(C)C)ccc3n2)CC1. The van der Waals surface area contributed by atoms with Gasteiger partial charge in [-0.3, -0.25) is 0 Å². The van der Waals surface area contributed by atoms with Crippen molar-refractivity contribution in [1.29, 1.82) is 0 Å². The zero-order valence-corrected chi connectivity index (χ0v) is 20.5. The molecule has 1 aliphatic heterocycles. The van der Waals surface area contributed by atoms with Crippen molar-refractivity contribution in [3.05, 3.63) is 36.0 Å². The Bertz CT molecular complexity index is 910. The molecule has 2 aromatic heterocycles. The molecule has 0 saturated carbocycles. The molecular formula is C22H29N3O2Sn. The Morgan fingerprint density at radius 3 is 2.32 bits per heavy atom. The topological polar surface area (TPSA) is 55.3 Å². The molecule has 5 nitrogen and oxygen atoms in total. The molecule has 28 heavy (non-hydrogen) atoms. The maximum absolute atomic E-state index is 12.2. The molecular weight excluding hydrogens is 457 g/mol.